The SMILES string of the molecule is COCCOc1ccc(NC(=O)C2(c3ccccc3)CCCCC2)cn1. The van der Waals surface area contributed by atoms with Crippen LogP contribution < -0.4 is 10.1 Å². The second-order valence-electron chi connectivity index (χ2n) is 6.69. The molecule has 5 heteroatoms. The number of amides is 1. The standard InChI is InChI=1S/C21H26N2O3/c1-25-14-15-26-19-11-10-18(16-22-19)23-20(24)21(12-6-3-7-13-21)17-8-4-2-5-9-17/h2,4-5,8-11,16H,3,6-7,12-15H2,1H3,(H,23,24). The van der Waals surface area contributed by atoms with Crippen molar-refractivity contribution in [3.63, 3.8) is 0 Å². The maximum Gasteiger partial charge on any atom is 0.235 e. The van der Waals surface area contributed by atoms with Crippen LogP contribution in [0, 0.1) is 0 Å². The first-order valence-electron chi connectivity index (χ1n) is 9.19. The third-order valence-electron chi connectivity index (χ3n) is 5.00. The zero-order chi connectivity index (χ0) is 18.2. The number of methoxy groups -OCH3 is 1. The monoisotopic (exact) mass is 354 g/mol. The third-order valence-corrected chi connectivity index (χ3v) is 5.00. The summed E-state index contributed by atoms with van der Waals surface area (Å²) in [4.78, 5) is 17.5. The van der Waals surface area contributed by atoms with Gasteiger partial charge in [0, 0.05) is 13.2 Å². The highest BCUT2D eigenvalue weighted by atomic mass is 16.5. The van der Waals surface area contributed by atoms with E-state index in [9.17, 15) is 4.79 Å². The predicted octanol–water partition coefficient (Wildman–Crippen LogP) is 3.95. The minimum absolute atomic E-state index is 0.0539. The highest BCUT2D eigenvalue weighted by Crippen LogP contribution is 2.40. The number of carbonyl (C=O) groups is 1. The Balaban J connectivity index is 1.72. The first-order valence-corrected chi connectivity index (χ1v) is 9.19. The number of anilines is 1. The average Bonchev–Trinajstić information content (AvgIpc) is 2.70. The second-order valence-corrected chi connectivity index (χ2v) is 6.69. The van der Waals surface area contributed by atoms with Crippen molar-refractivity contribution < 1.29 is 14.3 Å². The molecular weight excluding hydrogens is 328 g/mol. The lowest BCUT2D eigenvalue weighted by Crippen LogP contribution is -2.42. The molecule has 1 fully saturated rings. The Bertz CT molecular complexity index is 695. The molecule has 1 aromatic carbocycles. The van der Waals surface area contributed by atoms with Gasteiger partial charge in [-0.05, 0) is 24.5 Å². The summed E-state index contributed by atoms with van der Waals surface area (Å²) in [6, 6.07) is 13.7. The number of pyridine rings is 1. The normalized spacial score (nSPS) is 16.0. The van der Waals surface area contributed by atoms with Gasteiger partial charge in [0.1, 0.15) is 6.61 Å². The van der Waals surface area contributed by atoms with Gasteiger partial charge in [0.25, 0.3) is 0 Å². The Morgan fingerprint density at radius 2 is 1.85 bits per heavy atom. The smallest absolute Gasteiger partial charge is 0.235 e. The van der Waals surface area contributed by atoms with E-state index in [1.165, 1.54) is 6.42 Å². The maximum atomic E-state index is 13.2. The fourth-order valence-corrected chi connectivity index (χ4v) is 3.58. The summed E-state index contributed by atoms with van der Waals surface area (Å²) in [7, 11) is 1.63. The number of nitrogens with one attached hydrogen (secondary N) is 1. The number of ether oxygens (including phenoxy) is 2. The van der Waals surface area contributed by atoms with E-state index in [0.717, 1.165) is 31.2 Å². The van der Waals surface area contributed by atoms with E-state index in [0.29, 0.717) is 24.8 Å². The van der Waals surface area contributed by atoms with Gasteiger partial charge in [0.15, 0.2) is 0 Å². The molecule has 1 heterocycles. The van der Waals surface area contributed by atoms with E-state index in [1.807, 2.05) is 24.3 Å². The van der Waals surface area contributed by atoms with Gasteiger partial charge in [-0.25, -0.2) is 4.98 Å². The van der Waals surface area contributed by atoms with Crippen molar-refractivity contribution in [1.29, 1.82) is 0 Å². The summed E-state index contributed by atoms with van der Waals surface area (Å²) < 4.78 is 10.4. The number of aromatic nitrogens is 1. The van der Waals surface area contributed by atoms with Crippen LogP contribution in [0.2, 0.25) is 0 Å². The molecule has 5 nitrogen and oxygen atoms in total. The molecule has 138 valence electrons. The molecule has 3 rings (SSSR count). The van der Waals surface area contributed by atoms with Crippen molar-refractivity contribution in [3.8, 4) is 5.88 Å². The fraction of sp³-hybridized carbons (Fsp3) is 0.429. The minimum Gasteiger partial charge on any atom is -0.475 e. The zero-order valence-electron chi connectivity index (χ0n) is 15.2. The first kappa shape index (κ1) is 18.4. The van der Waals surface area contributed by atoms with E-state index in [4.69, 9.17) is 9.47 Å². The average molecular weight is 354 g/mol. The molecule has 0 bridgehead atoms. The van der Waals surface area contributed by atoms with Crippen LogP contribution in [0.25, 0.3) is 0 Å². The Kier molecular flexibility index (Phi) is 6.23. The quantitative estimate of drug-likeness (QED) is 0.765. The molecule has 0 unspecified atom stereocenters. The third kappa shape index (κ3) is 4.22. The van der Waals surface area contributed by atoms with E-state index in [1.54, 1.807) is 19.4 Å². The van der Waals surface area contributed by atoms with Crippen LogP contribution in [0.1, 0.15) is 37.7 Å². The van der Waals surface area contributed by atoms with E-state index < -0.39 is 5.41 Å². The van der Waals surface area contributed by atoms with Crippen molar-refractivity contribution >= 4 is 11.6 Å². The summed E-state index contributed by atoms with van der Waals surface area (Å²) in [5.41, 5.74) is 1.34. The summed E-state index contributed by atoms with van der Waals surface area (Å²) in [5, 5.41) is 3.06. The lowest BCUT2D eigenvalue weighted by atomic mass is 9.68. The van der Waals surface area contributed by atoms with E-state index >= 15 is 0 Å². The molecule has 0 radical (unpaired) electrons. The van der Waals surface area contributed by atoms with Crippen molar-refractivity contribution in [2.45, 2.75) is 37.5 Å². The Morgan fingerprint density at radius 3 is 2.50 bits per heavy atom. The van der Waals surface area contributed by atoms with Crippen molar-refractivity contribution in [2.75, 3.05) is 25.6 Å². The molecule has 1 amide bonds. The molecule has 2 aromatic rings. The highest BCUT2D eigenvalue weighted by Gasteiger charge is 2.41. The van der Waals surface area contributed by atoms with Gasteiger partial charge in [-0.3, -0.25) is 4.79 Å². The van der Waals surface area contributed by atoms with Crippen LogP contribution in [0.15, 0.2) is 48.7 Å². The molecule has 1 aliphatic rings. The van der Waals surface area contributed by atoms with Gasteiger partial charge in [-0.2, -0.15) is 0 Å². The summed E-state index contributed by atoms with van der Waals surface area (Å²) in [6.45, 7) is 0.964. The number of hydrogen-bond acceptors (Lipinski definition) is 4. The molecule has 1 saturated carbocycles. The van der Waals surface area contributed by atoms with Crippen LogP contribution in [0.3, 0.4) is 0 Å². The van der Waals surface area contributed by atoms with Crippen LogP contribution in [-0.2, 0) is 14.9 Å². The van der Waals surface area contributed by atoms with Crippen molar-refractivity contribution in [3.05, 3.63) is 54.2 Å². The number of carbonyl (C=O) groups excluding carboxylic acids is 1. The van der Waals surface area contributed by atoms with Crippen molar-refractivity contribution in [2.24, 2.45) is 0 Å². The van der Waals surface area contributed by atoms with Crippen LogP contribution in [0.5, 0.6) is 5.88 Å². The van der Waals surface area contributed by atoms with Gasteiger partial charge in [0.05, 0.1) is 23.9 Å². The van der Waals surface area contributed by atoms with E-state index in [2.05, 4.69) is 22.4 Å². The summed E-state index contributed by atoms with van der Waals surface area (Å²) >= 11 is 0. The van der Waals surface area contributed by atoms with Gasteiger partial charge in [0.2, 0.25) is 11.8 Å². The molecule has 26 heavy (non-hydrogen) atoms. The minimum atomic E-state index is -0.451. The summed E-state index contributed by atoms with van der Waals surface area (Å²) in [5.74, 6) is 0.578. The number of nitrogens with zero attached hydrogens (tertiary/aromatic N) is 1. The van der Waals surface area contributed by atoms with Gasteiger partial charge in [-0.15, -0.1) is 0 Å². The predicted molar refractivity (Wildman–Crippen MR) is 101 cm³/mol. The number of benzene rings is 1. The zero-order valence-corrected chi connectivity index (χ0v) is 15.2. The molecule has 0 atom stereocenters. The number of hydrogen-bond donors (Lipinski definition) is 1. The topological polar surface area (TPSA) is 60.5 Å². The van der Waals surface area contributed by atoms with Gasteiger partial charge >= 0.3 is 0 Å². The Labute approximate surface area is 154 Å². The lowest BCUT2D eigenvalue weighted by molar-refractivity contribution is -0.122. The van der Waals surface area contributed by atoms with Crippen LogP contribution in [-0.4, -0.2) is 31.2 Å². The molecule has 1 aromatic heterocycles. The van der Waals surface area contributed by atoms with Crippen LogP contribution in [0.4, 0.5) is 5.69 Å². The molecule has 0 aliphatic heterocycles. The Morgan fingerprint density at radius 1 is 1.08 bits per heavy atom. The maximum absolute atomic E-state index is 13.2. The van der Waals surface area contributed by atoms with E-state index in [-0.39, 0.29) is 5.91 Å². The largest absolute Gasteiger partial charge is 0.475 e. The second kappa shape index (κ2) is 8.81. The fourth-order valence-electron chi connectivity index (χ4n) is 3.58. The summed E-state index contributed by atoms with van der Waals surface area (Å²) in [6.07, 6.45) is 6.75. The number of rotatable bonds is 7. The highest BCUT2D eigenvalue weighted by molar-refractivity contribution is 5.99. The molecule has 1 aliphatic carbocycles. The molecule has 0 saturated heterocycles. The van der Waals surface area contributed by atoms with Crippen molar-refractivity contribution in [1.82, 2.24) is 4.98 Å². The molecule has 1 N–H and O–H groups in total. The molecule has 0 spiro atoms. The van der Waals surface area contributed by atoms with Crippen LogP contribution >= 0.6 is 0 Å². The Hall–Kier alpha value is -2.40. The molecular formula is C21H26N2O3. The first-order chi connectivity index (χ1) is 12.7. The van der Waals surface area contributed by atoms with Gasteiger partial charge in [-0.1, -0.05) is 49.6 Å². The van der Waals surface area contributed by atoms with Gasteiger partial charge < -0.3 is 14.8 Å². The lowest BCUT2D eigenvalue weighted by Gasteiger charge is -2.36.